The van der Waals surface area contributed by atoms with Crippen LogP contribution in [0.15, 0.2) is 41.3 Å². The van der Waals surface area contributed by atoms with Crippen LogP contribution in [0.2, 0.25) is 10.0 Å². The van der Waals surface area contributed by atoms with Crippen molar-refractivity contribution in [3.8, 4) is 5.75 Å². The summed E-state index contributed by atoms with van der Waals surface area (Å²) >= 11 is 15.9. The van der Waals surface area contributed by atoms with Crippen molar-refractivity contribution in [3.63, 3.8) is 0 Å². The molecule has 0 atom stereocenters. The van der Waals surface area contributed by atoms with Gasteiger partial charge in [-0.25, -0.2) is 0 Å². The Morgan fingerprint density at radius 1 is 1.14 bits per heavy atom. The highest BCUT2D eigenvalue weighted by Gasteiger charge is 2.34. The largest absolute Gasteiger partial charge is 0.486 e. The Kier molecular flexibility index (Phi) is 7.31. The van der Waals surface area contributed by atoms with E-state index in [9.17, 15) is 9.59 Å². The maximum atomic E-state index is 12.4. The van der Waals surface area contributed by atoms with Crippen LogP contribution >= 0.6 is 57.6 Å². The normalized spacial score (nSPS) is 15.6. The van der Waals surface area contributed by atoms with Gasteiger partial charge in [-0.1, -0.05) is 42.3 Å². The van der Waals surface area contributed by atoms with Gasteiger partial charge in [-0.15, -0.1) is 0 Å². The highest BCUT2D eigenvalue weighted by molar-refractivity contribution is 14.1. The molecule has 1 aliphatic rings. The monoisotopic (exact) mass is 547 g/mol. The Balaban J connectivity index is 1.77. The molecule has 4 nitrogen and oxygen atoms in total. The third-order valence-electron chi connectivity index (χ3n) is 3.94. The standard InChI is InChI=1S/C20H16Cl2INO3S/c1-2-7-24-19(25)17(28-20(24)26)10-13-8-15(21)18(16(22)9-13)27-11-12-3-5-14(23)6-4-12/h3-6,8-10H,2,7,11H2,1H3/b17-10+. The molecule has 0 bridgehead atoms. The van der Waals surface area contributed by atoms with Crippen LogP contribution in [0.4, 0.5) is 4.79 Å². The van der Waals surface area contributed by atoms with Gasteiger partial charge in [-0.3, -0.25) is 14.5 Å². The zero-order valence-electron chi connectivity index (χ0n) is 14.9. The number of halogens is 3. The first-order valence-corrected chi connectivity index (χ1v) is 11.2. The molecule has 146 valence electrons. The van der Waals surface area contributed by atoms with Gasteiger partial charge in [0.15, 0.2) is 5.75 Å². The van der Waals surface area contributed by atoms with E-state index in [1.807, 2.05) is 31.2 Å². The molecule has 1 aliphatic heterocycles. The van der Waals surface area contributed by atoms with Crippen molar-refractivity contribution in [2.75, 3.05) is 6.54 Å². The van der Waals surface area contributed by atoms with Gasteiger partial charge in [0.05, 0.1) is 15.0 Å². The molecule has 0 saturated carbocycles. The number of imide groups is 1. The first-order chi connectivity index (χ1) is 13.4. The molecule has 0 spiro atoms. The van der Waals surface area contributed by atoms with E-state index in [0.29, 0.717) is 39.4 Å². The highest BCUT2D eigenvalue weighted by atomic mass is 127. The Morgan fingerprint density at radius 3 is 2.39 bits per heavy atom. The Morgan fingerprint density at radius 2 is 1.79 bits per heavy atom. The number of benzene rings is 2. The number of carbonyl (C=O) groups is 2. The zero-order valence-corrected chi connectivity index (χ0v) is 19.4. The minimum absolute atomic E-state index is 0.257. The highest BCUT2D eigenvalue weighted by Crippen LogP contribution is 2.37. The smallest absolute Gasteiger partial charge is 0.293 e. The average Bonchev–Trinajstić information content (AvgIpc) is 2.90. The summed E-state index contributed by atoms with van der Waals surface area (Å²) in [5.41, 5.74) is 1.64. The van der Waals surface area contributed by atoms with Crippen LogP contribution in [0.1, 0.15) is 24.5 Å². The van der Waals surface area contributed by atoms with Crippen LogP contribution in [0.25, 0.3) is 6.08 Å². The topological polar surface area (TPSA) is 46.6 Å². The lowest BCUT2D eigenvalue weighted by Crippen LogP contribution is -2.28. The molecular formula is C20H16Cl2INO3S. The summed E-state index contributed by atoms with van der Waals surface area (Å²) in [6, 6.07) is 11.3. The summed E-state index contributed by atoms with van der Waals surface area (Å²) in [5, 5.41) is 0.432. The predicted molar refractivity (Wildman–Crippen MR) is 123 cm³/mol. The van der Waals surface area contributed by atoms with Crippen molar-refractivity contribution in [2.45, 2.75) is 20.0 Å². The van der Waals surface area contributed by atoms with Crippen LogP contribution in [0, 0.1) is 3.57 Å². The molecule has 0 aromatic heterocycles. The average molecular weight is 548 g/mol. The van der Waals surface area contributed by atoms with E-state index in [1.54, 1.807) is 18.2 Å². The van der Waals surface area contributed by atoms with Gasteiger partial charge in [0.1, 0.15) is 6.61 Å². The maximum absolute atomic E-state index is 12.4. The molecule has 0 radical (unpaired) electrons. The van der Waals surface area contributed by atoms with E-state index < -0.39 is 0 Å². The molecule has 2 aromatic carbocycles. The van der Waals surface area contributed by atoms with Gasteiger partial charge in [0.25, 0.3) is 11.1 Å². The predicted octanol–water partition coefficient (Wildman–Crippen LogP) is 6.62. The number of ether oxygens (including phenoxy) is 1. The van der Waals surface area contributed by atoms with Crippen LogP contribution in [0.3, 0.4) is 0 Å². The molecular weight excluding hydrogens is 532 g/mol. The molecule has 28 heavy (non-hydrogen) atoms. The molecule has 3 rings (SSSR count). The first kappa shape index (κ1) is 21.5. The van der Waals surface area contributed by atoms with Crippen LogP contribution in [0.5, 0.6) is 5.75 Å². The van der Waals surface area contributed by atoms with Crippen molar-refractivity contribution in [2.24, 2.45) is 0 Å². The minimum Gasteiger partial charge on any atom is -0.486 e. The molecule has 2 aromatic rings. The maximum Gasteiger partial charge on any atom is 0.293 e. The van der Waals surface area contributed by atoms with Gasteiger partial charge in [0.2, 0.25) is 0 Å². The fourth-order valence-corrected chi connectivity index (χ4v) is 4.44. The summed E-state index contributed by atoms with van der Waals surface area (Å²) in [6.07, 6.45) is 2.34. The number of thioether (sulfide) groups is 1. The lowest BCUT2D eigenvalue weighted by atomic mass is 10.2. The van der Waals surface area contributed by atoms with Gasteiger partial charge in [-0.2, -0.15) is 0 Å². The second-order valence-corrected chi connectivity index (χ2v) is 9.12. The van der Waals surface area contributed by atoms with E-state index in [0.717, 1.165) is 27.3 Å². The first-order valence-electron chi connectivity index (χ1n) is 8.50. The molecule has 0 aliphatic carbocycles. The summed E-state index contributed by atoms with van der Waals surface area (Å²) in [6.45, 7) is 2.67. The Labute approximate surface area is 191 Å². The van der Waals surface area contributed by atoms with Crippen LogP contribution in [-0.4, -0.2) is 22.6 Å². The molecule has 0 unspecified atom stereocenters. The summed E-state index contributed by atoms with van der Waals surface area (Å²) in [7, 11) is 0. The third-order valence-corrected chi connectivity index (χ3v) is 6.12. The lowest BCUT2D eigenvalue weighted by molar-refractivity contribution is -0.122. The summed E-state index contributed by atoms with van der Waals surface area (Å²) in [4.78, 5) is 25.9. The number of nitrogens with zero attached hydrogens (tertiary/aromatic N) is 1. The lowest BCUT2D eigenvalue weighted by Gasteiger charge is -2.11. The minimum atomic E-state index is -0.289. The van der Waals surface area contributed by atoms with Gasteiger partial charge in [-0.05, 0) is 82.2 Å². The van der Waals surface area contributed by atoms with Crippen molar-refractivity contribution in [3.05, 3.63) is 66.0 Å². The van der Waals surface area contributed by atoms with E-state index in [4.69, 9.17) is 27.9 Å². The Hall–Kier alpha value is -1.22. The molecule has 0 N–H and O–H groups in total. The summed E-state index contributed by atoms with van der Waals surface area (Å²) < 4.78 is 6.93. The van der Waals surface area contributed by atoms with Crippen LogP contribution < -0.4 is 4.74 Å². The summed E-state index contributed by atoms with van der Waals surface area (Å²) in [5.74, 6) is 0.0984. The van der Waals surface area contributed by atoms with Gasteiger partial charge in [0, 0.05) is 10.1 Å². The van der Waals surface area contributed by atoms with Crippen molar-refractivity contribution in [1.29, 1.82) is 0 Å². The van der Waals surface area contributed by atoms with Crippen LogP contribution in [-0.2, 0) is 11.4 Å². The molecule has 1 heterocycles. The molecule has 2 amide bonds. The number of hydrogen-bond acceptors (Lipinski definition) is 4. The van der Waals surface area contributed by atoms with Crippen molar-refractivity contribution < 1.29 is 14.3 Å². The SMILES string of the molecule is CCCN1C(=O)S/C(=C/c2cc(Cl)c(OCc3ccc(I)cc3)c(Cl)c2)C1=O. The van der Waals surface area contributed by atoms with E-state index in [-0.39, 0.29) is 11.1 Å². The third kappa shape index (κ3) is 5.03. The quantitative estimate of drug-likeness (QED) is 0.301. The molecule has 1 fully saturated rings. The molecule has 8 heteroatoms. The second kappa shape index (κ2) is 9.52. The number of carbonyl (C=O) groups excluding carboxylic acids is 2. The Bertz CT molecular complexity index is 924. The fourth-order valence-electron chi connectivity index (χ4n) is 2.60. The molecule has 1 saturated heterocycles. The fraction of sp³-hybridized carbons (Fsp3) is 0.200. The van der Waals surface area contributed by atoms with Gasteiger partial charge < -0.3 is 4.74 Å². The number of rotatable bonds is 6. The second-order valence-electron chi connectivity index (χ2n) is 6.06. The van der Waals surface area contributed by atoms with E-state index in [1.165, 1.54) is 4.90 Å². The van der Waals surface area contributed by atoms with E-state index >= 15 is 0 Å². The van der Waals surface area contributed by atoms with Gasteiger partial charge >= 0.3 is 0 Å². The van der Waals surface area contributed by atoms with Crippen molar-refractivity contribution in [1.82, 2.24) is 4.90 Å². The zero-order chi connectivity index (χ0) is 20.3. The number of hydrogen-bond donors (Lipinski definition) is 0. The number of amides is 2. The van der Waals surface area contributed by atoms with Crippen molar-refractivity contribution >= 4 is 74.8 Å². The van der Waals surface area contributed by atoms with E-state index in [2.05, 4.69) is 22.6 Å².